The number of rotatable bonds is 2. The van der Waals surface area contributed by atoms with Crippen LogP contribution in [0.15, 0.2) is 0 Å². The first-order valence-corrected chi connectivity index (χ1v) is 4.86. The number of esters is 1. The third kappa shape index (κ3) is 52.5. The molecule has 2 N–H and O–H groups in total. The van der Waals surface area contributed by atoms with Gasteiger partial charge in [0.05, 0.1) is 6.61 Å². The van der Waals surface area contributed by atoms with E-state index in [9.17, 15) is 4.79 Å². The summed E-state index contributed by atoms with van der Waals surface area (Å²) in [6.07, 6.45) is 0. The zero-order valence-electron chi connectivity index (χ0n) is 7.72. The summed E-state index contributed by atoms with van der Waals surface area (Å²) < 4.78 is 36.2. The van der Waals surface area contributed by atoms with Crippen molar-refractivity contribution in [3.8, 4) is 0 Å². The molecule has 0 aromatic rings. The molecule has 0 fully saturated rings. The second-order valence-corrected chi connectivity index (χ2v) is 3.54. The summed E-state index contributed by atoms with van der Waals surface area (Å²) in [5.41, 5.74) is 0. The first kappa shape index (κ1) is 14.8. The minimum absolute atomic E-state index is 0.196. The average molecular weight is 214 g/mol. The maximum atomic E-state index is 10.1. The third-order valence-corrected chi connectivity index (χ3v) is 0.620. The van der Waals surface area contributed by atoms with Crippen molar-refractivity contribution in [1.29, 1.82) is 0 Å². The van der Waals surface area contributed by atoms with Gasteiger partial charge >= 0.3 is 16.4 Å². The van der Waals surface area contributed by atoms with E-state index in [-0.39, 0.29) is 5.97 Å². The van der Waals surface area contributed by atoms with Crippen LogP contribution in [0.4, 0.5) is 0 Å². The SMILES string of the molecule is CC(=O)OCC(C)C.O=S(=O)(O)O. The molecule has 0 spiro atoms. The molecule has 0 aliphatic heterocycles. The van der Waals surface area contributed by atoms with Crippen molar-refractivity contribution in [3.05, 3.63) is 0 Å². The van der Waals surface area contributed by atoms with Crippen LogP contribution in [0.3, 0.4) is 0 Å². The van der Waals surface area contributed by atoms with Gasteiger partial charge in [-0.15, -0.1) is 0 Å². The van der Waals surface area contributed by atoms with Gasteiger partial charge in [0, 0.05) is 6.92 Å². The summed E-state index contributed by atoms with van der Waals surface area (Å²) in [6, 6.07) is 0. The van der Waals surface area contributed by atoms with Crippen molar-refractivity contribution in [2.45, 2.75) is 20.8 Å². The number of hydrogen-bond acceptors (Lipinski definition) is 4. The van der Waals surface area contributed by atoms with E-state index in [0.717, 1.165) is 0 Å². The summed E-state index contributed by atoms with van der Waals surface area (Å²) in [5, 5.41) is 0. The van der Waals surface area contributed by atoms with Crippen LogP contribution in [0.25, 0.3) is 0 Å². The zero-order valence-corrected chi connectivity index (χ0v) is 8.54. The predicted molar refractivity (Wildman–Crippen MR) is 45.6 cm³/mol. The number of hydrogen-bond donors (Lipinski definition) is 2. The molecule has 0 aliphatic rings. The van der Waals surface area contributed by atoms with Crippen LogP contribution < -0.4 is 0 Å². The lowest BCUT2D eigenvalue weighted by Crippen LogP contribution is -2.05. The maximum absolute atomic E-state index is 10.1. The minimum Gasteiger partial charge on any atom is -0.466 e. The largest absolute Gasteiger partial charge is 0.466 e. The van der Waals surface area contributed by atoms with E-state index >= 15 is 0 Å². The average Bonchev–Trinajstić information content (AvgIpc) is 1.79. The van der Waals surface area contributed by atoms with E-state index in [1.807, 2.05) is 13.8 Å². The highest BCUT2D eigenvalue weighted by molar-refractivity contribution is 7.79. The third-order valence-electron chi connectivity index (χ3n) is 0.620. The Labute approximate surface area is 77.5 Å². The summed E-state index contributed by atoms with van der Waals surface area (Å²) in [7, 11) is -4.67. The lowest BCUT2D eigenvalue weighted by molar-refractivity contribution is -0.141. The lowest BCUT2D eigenvalue weighted by atomic mass is 10.2. The molecule has 0 amide bonds. The summed E-state index contributed by atoms with van der Waals surface area (Å²) in [4.78, 5) is 10.1. The van der Waals surface area contributed by atoms with Gasteiger partial charge in [0.25, 0.3) is 0 Å². The van der Waals surface area contributed by atoms with Gasteiger partial charge in [-0.05, 0) is 5.92 Å². The molecule has 0 aliphatic carbocycles. The molecular formula is C6H14O6S. The van der Waals surface area contributed by atoms with E-state index in [0.29, 0.717) is 12.5 Å². The number of carbonyl (C=O) groups excluding carboxylic acids is 1. The molecule has 0 aromatic heterocycles. The van der Waals surface area contributed by atoms with Crippen molar-refractivity contribution in [3.63, 3.8) is 0 Å². The van der Waals surface area contributed by atoms with Gasteiger partial charge in [-0.3, -0.25) is 13.9 Å². The van der Waals surface area contributed by atoms with Crippen molar-refractivity contribution >= 4 is 16.4 Å². The van der Waals surface area contributed by atoms with Gasteiger partial charge in [-0.25, -0.2) is 0 Å². The fourth-order valence-corrected chi connectivity index (χ4v) is 0.284. The topological polar surface area (TPSA) is 101 Å². The van der Waals surface area contributed by atoms with Crippen LogP contribution in [-0.2, 0) is 19.9 Å². The monoisotopic (exact) mass is 214 g/mol. The summed E-state index contributed by atoms with van der Waals surface area (Å²) >= 11 is 0. The Bertz CT molecular complexity index is 222. The fourth-order valence-electron chi connectivity index (χ4n) is 0.284. The molecule has 0 radical (unpaired) electrons. The molecule has 0 unspecified atom stereocenters. The number of ether oxygens (including phenoxy) is 1. The van der Waals surface area contributed by atoms with E-state index in [2.05, 4.69) is 4.74 Å². The Balaban J connectivity index is 0. The fraction of sp³-hybridized carbons (Fsp3) is 0.833. The van der Waals surface area contributed by atoms with Gasteiger partial charge in [0.15, 0.2) is 0 Å². The molecule has 0 saturated heterocycles. The van der Waals surface area contributed by atoms with E-state index in [4.69, 9.17) is 17.5 Å². The molecule has 80 valence electrons. The molecule has 0 rings (SSSR count). The highest BCUT2D eigenvalue weighted by atomic mass is 32.3. The van der Waals surface area contributed by atoms with Crippen LogP contribution in [0.1, 0.15) is 20.8 Å². The van der Waals surface area contributed by atoms with Gasteiger partial charge in [0.1, 0.15) is 0 Å². The Morgan fingerprint density at radius 2 is 1.69 bits per heavy atom. The smallest absolute Gasteiger partial charge is 0.394 e. The molecule has 0 aromatic carbocycles. The van der Waals surface area contributed by atoms with Crippen molar-refractivity contribution < 1.29 is 27.1 Å². The Kier molecular flexibility index (Phi) is 7.78. The van der Waals surface area contributed by atoms with E-state index in [1.165, 1.54) is 6.92 Å². The Morgan fingerprint density at radius 3 is 1.77 bits per heavy atom. The molecule has 0 saturated carbocycles. The van der Waals surface area contributed by atoms with Crippen molar-refractivity contribution in [2.24, 2.45) is 5.92 Å². The summed E-state index contributed by atoms with van der Waals surface area (Å²) in [5.74, 6) is 0.248. The zero-order chi connectivity index (χ0) is 11.1. The maximum Gasteiger partial charge on any atom is 0.394 e. The predicted octanol–water partition coefficient (Wildman–Crippen LogP) is 0.553. The Morgan fingerprint density at radius 1 is 1.38 bits per heavy atom. The first-order valence-electron chi connectivity index (χ1n) is 3.46. The van der Waals surface area contributed by atoms with Gasteiger partial charge in [-0.2, -0.15) is 8.42 Å². The molecule has 7 heteroatoms. The van der Waals surface area contributed by atoms with Gasteiger partial charge in [-0.1, -0.05) is 13.8 Å². The first-order chi connectivity index (χ1) is 5.63. The Hall–Kier alpha value is -0.660. The van der Waals surface area contributed by atoms with Gasteiger partial charge in [0.2, 0.25) is 0 Å². The molecule has 0 bridgehead atoms. The van der Waals surface area contributed by atoms with Crippen LogP contribution in [0.2, 0.25) is 0 Å². The van der Waals surface area contributed by atoms with Crippen LogP contribution in [-0.4, -0.2) is 30.1 Å². The van der Waals surface area contributed by atoms with Crippen LogP contribution in [0, 0.1) is 5.92 Å². The minimum atomic E-state index is -4.67. The van der Waals surface area contributed by atoms with Crippen LogP contribution >= 0.6 is 0 Å². The van der Waals surface area contributed by atoms with Crippen molar-refractivity contribution in [1.82, 2.24) is 0 Å². The van der Waals surface area contributed by atoms with E-state index in [1.54, 1.807) is 0 Å². The van der Waals surface area contributed by atoms with E-state index < -0.39 is 10.4 Å². The summed E-state index contributed by atoms with van der Waals surface area (Å²) in [6.45, 7) is 5.96. The van der Waals surface area contributed by atoms with Gasteiger partial charge < -0.3 is 4.74 Å². The molecule has 13 heavy (non-hydrogen) atoms. The molecular weight excluding hydrogens is 200 g/mol. The molecule has 6 nitrogen and oxygen atoms in total. The van der Waals surface area contributed by atoms with Crippen molar-refractivity contribution in [2.75, 3.05) is 6.61 Å². The standard InChI is InChI=1S/C6H12O2.H2O4S/c1-5(2)4-8-6(3)7;1-5(2,3)4/h5H,4H2,1-3H3;(H2,1,2,3,4). The second kappa shape index (κ2) is 6.81. The quantitative estimate of drug-likeness (QED) is 0.514. The lowest BCUT2D eigenvalue weighted by Gasteiger charge is -2.02. The normalized spacial score (nSPS) is 10.3. The highest BCUT2D eigenvalue weighted by Gasteiger charge is 1.94. The highest BCUT2D eigenvalue weighted by Crippen LogP contribution is 1.91. The molecule has 0 atom stereocenters. The molecule has 0 heterocycles. The van der Waals surface area contributed by atoms with Crippen LogP contribution in [0.5, 0.6) is 0 Å². The number of carbonyl (C=O) groups is 1. The second-order valence-electron chi connectivity index (χ2n) is 2.64.